The molecule has 0 saturated heterocycles. The van der Waals surface area contributed by atoms with E-state index < -0.39 is 5.60 Å². The van der Waals surface area contributed by atoms with Gasteiger partial charge in [0.05, 0.1) is 5.60 Å². The Morgan fingerprint density at radius 3 is 2.89 bits per heavy atom. The maximum absolute atomic E-state index is 9.57. The van der Waals surface area contributed by atoms with Crippen LogP contribution in [0.15, 0.2) is 6.07 Å². The van der Waals surface area contributed by atoms with Crippen LogP contribution in [-0.4, -0.2) is 40.1 Å². The first-order valence-corrected chi connectivity index (χ1v) is 6.49. The van der Waals surface area contributed by atoms with Crippen molar-refractivity contribution in [2.75, 3.05) is 13.2 Å². The van der Waals surface area contributed by atoms with Gasteiger partial charge in [-0.15, -0.1) is 10.2 Å². The summed E-state index contributed by atoms with van der Waals surface area (Å²) in [5, 5.41) is 20.5. The third-order valence-corrected chi connectivity index (χ3v) is 3.30. The van der Waals surface area contributed by atoms with E-state index >= 15 is 0 Å². The van der Waals surface area contributed by atoms with Crippen LogP contribution in [0.4, 0.5) is 0 Å². The highest BCUT2D eigenvalue weighted by atomic mass is 35.5. The zero-order valence-electron chi connectivity index (χ0n) is 9.99. The van der Waals surface area contributed by atoms with Gasteiger partial charge in [-0.05, 0) is 19.8 Å². The third kappa shape index (κ3) is 3.68. The molecule has 0 amide bonds. The quantitative estimate of drug-likeness (QED) is 0.808. The van der Waals surface area contributed by atoms with Crippen molar-refractivity contribution in [3.05, 3.63) is 16.4 Å². The van der Waals surface area contributed by atoms with Crippen LogP contribution in [-0.2, 0) is 0 Å². The number of aliphatic hydroxyl groups is 1. The lowest BCUT2D eigenvalue weighted by molar-refractivity contribution is -0.0393. The zero-order valence-corrected chi connectivity index (χ0v) is 11.5. The topological polar surface area (TPSA) is 67.3 Å². The fourth-order valence-corrected chi connectivity index (χ4v) is 2.29. The Labute approximate surface area is 115 Å². The van der Waals surface area contributed by atoms with Crippen molar-refractivity contribution in [1.82, 2.24) is 15.5 Å². The van der Waals surface area contributed by atoms with Crippen LogP contribution < -0.4 is 10.1 Å². The smallest absolute Gasteiger partial charge is 0.193 e. The lowest BCUT2D eigenvalue weighted by Gasteiger charge is -2.41. The molecule has 1 saturated carbocycles. The van der Waals surface area contributed by atoms with E-state index in [1.807, 2.05) is 6.92 Å². The van der Waals surface area contributed by atoms with E-state index in [1.165, 1.54) is 6.07 Å². The minimum atomic E-state index is -0.510. The maximum atomic E-state index is 9.57. The van der Waals surface area contributed by atoms with E-state index in [9.17, 15) is 5.11 Å². The van der Waals surface area contributed by atoms with Crippen molar-refractivity contribution >= 4 is 23.2 Å². The van der Waals surface area contributed by atoms with Gasteiger partial charge in [0.1, 0.15) is 6.61 Å². The standard InChI is InChI=1S/C11H15Cl2N3O2/c1-11(17)5-7(6-11)14-2-3-18-8-4-9(12)15-16-10(8)13/h4,7,14,17H,2-3,5-6H2,1H3. The molecule has 7 heteroatoms. The second-order valence-electron chi connectivity index (χ2n) is 4.73. The van der Waals surface area contributed by atoms with Crippen LogP contribution in [0.25, 0.3) is 0 Å². The van der Waals surface area contributed by atoms with Crippen molar-refractivity contribution in [1.29, 1.82) is 0 Å². The lowest BCUT2D eigenvalue weighted by atomic mass is 9.77. The van der Waals surface area contributed by atoms with E-state index in [4.69, 9.17) is 27.9 Å². The Hall–Kier alpha value is -0.620. The van der Waals surface area contributed by atoms with E-state index in [0.717, 1.165) is 12.8 Å². The summed E-state index contributed by atoms with van der Waals surface area (Å²) in [6, 6.07) is 1.89. The van der Waals surface area contributed by atoms with Gasteiger partial charge in [-0.25, -0.2) is 0 Å². The molecule has 1 aromatic rings. The first kappa shape index (κ1) is 13.8. The largest absolute Gasteiger partial charge is 0.489 e. The summed E-state index contributed by atoms with van der Waals surface area (Å²) in [7, 11) is 0. The molecule has 1 aliphatic rings. The Bertz CT molecular complexity index is 421. The minimum Gasteiger partial charge on any atom is -0.489 e. The van der Waals surface area contributed by atoms with E-state index in [-0.39, 0.29) is 10.3 Å². The number of rotatable bonds is 5. The summed E-state index contributed by atoms with van der Waals surface area (Å²) in [5.74, 6) is 0.430. The van der Waals surface area contributed by atoms with Gasteiger partial charge < -0.3 is 15.2 Å². The number of aromatic nitrogens is 2. The molecule has 0 atom stereocenters. The van der Waals surface area contributed by atoms with Crippen LogP contribution in [0.1, 0.15) is 19.8 Å². The molecule has 1 fully saturated rings. The molecule has 1 heterocycles. The molecule has 0 radical (unpaired) electrons. The number of nitrogens with zero attached hydrogens (tertiary/aromatic N) is 2. The van der Waals surface area contributed by atoms with Crippen molar-refractivity contribution in [2.24, 2.45) is 0 Å². The van der Waals surface area contributed by atoms with Gasteiger partial charge in [0, 0.05) is 18.7 Å². The maximum Gasteiger partial charge on any atom is 0.193 e. The predicted molar refractivity (Wildman–Crippen MR) is 69.2 cm³/mol. The van der Waals surface area contributed by atoms with E-state index in [2.05, 4.69) is 15.5 Å². The number of halogens is 2. The molecule has 1 aromatic heterocycles. The molecule has 1 aliphatic carbocycles. The van der Waals surface area contributed by atoms with E-state index in [0.29, 0.717) is 24.9 Å². The fourth-order valence-electron chi connectivity index (χ4n) is 2.01. The molecule has 18 heavy (non-hydrogen) atoms. The number of hydrogen-bond donors (Lipinski definition) is 2. The third-order valence-electron chi connectivity index (χ3n) is 2.85. The number of hydrogen-bond acceptors (Lipinski definition) is 5. The number of ether oxygens (including phenoxy) is 1. The molecular formula is C11H15Cl2N3O2. The first-order valence-electron chi connectivity index (χ1n) is 5.73. The lowest BCUT2D eigenvalue weighted by Crippen LogP contribution is -2.52. The molecule has 0 unspecified atom stereocenters. The Balaban J connectivity index is 1.68. The Morgan fingerprint density at radius 2 is 2.22 bits per heavy atom. The van der Waals surface area contributed by atoms with Gasteiger partial charge in [0.15, 0.2) is 16.1 Å². The highest BCUT2D eigenvalue weighted by Crippen LogP contribution is 2.31. The summed E-state index contributed by atoms with van der Waals surface area (Å²) in [4.78, 5) is 0. The Morgan fingerprint density at radius 1 is 1.50 bits per heavy atom. The molecular weight excluding hydrogens is 277 g/mol. The molecule has 2 N–H and O–H groups in total. The van der Waals surface area contributed by atoms with Crippen molar-refractivity contribution in [3.8, 4) is 5.75 Å². The van der Waals surface area contributed by atoms with Crippen molar-refractivity contribution < 1.29 is 9.84 Å². The normalized spacial score (nSPS) is 26.8. The second kappa shape index (κ2) is 5.57. The summed E-state index contributed by atoms with van der Waals surface area (Å²) in [5.41, 5.74) is -0.510. The summed E-state index contributed by atoms with van der Waals surface area (Å²) in [6.07, 6.45) is 1.55. The molecule has 5 nitrogen and oxygen atoms in total. The van der Waals surface area contributed by atoms with Gasteiger partial charge in [-0.3, -0.25) is 0 Å². The first-order chi connectivity index (χ1) is 8.46. The molecule has 2 rings (SSSR count). The molecule has 0 spiro atoms. The average Bonchev–Trinajstić information content (AvgIpc) is 2.26. The minimum absolute atomic E-state index is 0.200. The second-order valence-corrected chi connectivity index (χ2v) is 5.47. The van der Waals surface area contributed by atoms with Crippen LogP contribution in [0, 0.1) is 0 Å². The highest BCUT2D eigenvalue weighted by Gasteiger charge is 2.37. The van der Waals surface area contributed by atoms with Crippen LogP contribution in [0.2, 0.25) is 10.3 Å². The van der Waals surface area contributed by atoms with Crippen LogP contribution in [0.5, 0.6) is 5.75 Å². The van der Waals surface area contributed by atoms with Crippen molar-refractivity contribution in [2.45, 2.75) is 31.4 Å². The summed E-state index contributed by atoms with van der Waals surface area (Å²) < 4.78 is 5.44. The monoisotopic (exact) mass is 291 g/mol. The average molecular weight is 292 g/mol. The van der Waals surface area contributed by atoms with E-state index in [1.54, 1.807) is 0 Å². The Kier molecular flexibility index (Phi) is 4.27. The SMILES string of the molecule is CC1(O)CC(NCCOc2cc(Cl)nnc2Cl)C1. The fraction of sp³-hybridized carbons (Fsp3) is 0.636. The van der Waals surface area contributed by atoms with Gasteiger partial charge in [-0.1, -0.05) is 23.2 Å². The molecule has 100 valence electrons. The van der Waals surface area contributed by atoms with Crippen LogP contribution in [0.3, 0.4) is 0 Å². The van der Waals surface area contributed by atoms with Gasteiger partial charge >= 0.3 is 0 Å². The number of nitrogens with one attached hydrogen (secondary N) is 1. The van der Waals surface area contributed by atoms with Gasteiger partial charge in [0.25, 0.3) is 0 Å². The molecule has 0 aromatic carbocycles. The van der Waals surface area contributed by atoms with Crippen LogP contribution >= 0.6 is 23.2 Å². The highest BCUT2D eigenvalue weighted by molar-refractivity contribution is 6.32. The van der Waals surface area contributed by atoms with Gasteiger partial charge in [0.2, 0.25) is 0 Å². The predicted octanol–water partition coefficient (Wildman–Crippen LogP) is 1.67. The zero-order chi connectivity index (χ0) is 13.2. The summed E-state index contributed by atoms with van der Waals surface area (Å²) in [6.45, 7) is 2.98. The van der Waals surface area contributed by atoms with Crippen molar-refractivity contribution in [3.63, 3.8) is 0 Å². The molecule has 0 aliphatic heterocycles. The molecule has 0 bridgehead atoms. The van der Waals surface area contributed by atoms with Gasteiger partial charge in [-0.2, -0.15) is 0 Å². The summed E-state index contributed by atoms with van der Waals surface area (Å²) >= 11 is 11.5.